The summed E-state index contributed by atoms with van der Waals surface area (Å²) in [7, 11) is -3.37. The number of likely N-dealkylation sites (tertiary alicyclic amines) is 1. The first-order valence-corrected chi connectivity index (χ1v) is 10.3. The maximum absolute atomic E-state index is 12.0. The molecule has 128 valence electrons. The molecule has 2 saturated heterocycles. The number of aromatic nitrogens is 1. The van der Waals surface area contributed by atoms with E-state index in [4.69, 9.17) is 0 Å². The zero-order valence-electron chi connectivity index (χ0n) is 13.0. The Labute approximate surface area is 140 Å². The number of hydrogen-bond acceptors (Lipinski definition) is 6. The maximum Gasteiger partial charge on any atom is 0.311 e. The standard InChI is InChI=1S/C14H21N3O4S2/c1-23(20,21)17-8-11-7-16(9-12-15-4-6-22-12)5-2-3-14(11,10-17)13(18)19/h4,6,11H,2-3,5,7-10H2,1H3,(H,18,19)/t11-,14-/m1/s1. The molecule has 23 heavy (non-hydrogen) atoms. The fraction of sp³-hybridized carbons (Fsp3) is 0.714. The predicted molar refractivity (Wildman–Crippen MR) is 86.6 cm³/mol. The molecule has 2 aliphatic rings. The monoisotopic (exact) mass is 359 g/mol. The summed E-state index contributed by atoms with van der Waals surface area (Å²) in [5.41, 5.74) is -0.958. The van der Waals surface area contributed by atoms with Crippen LogP contribution in [0.2, 0.25) is 0 Å². The van der Waals surface area contributed by atoms with Gasteiger partial charge in [0, 0.05) is 37.1 Å². The van der Waals surface area contributed by atoms with Gasteiger partial charge in [0.05, 0.1) is 18.2 Å². The van der Waals surface area contributed by atoms with Crippen LogP contribution in [0.25, 0.3) is 0 Å². The molecule has 0 radical (unpaired) electrons. The van der Waals surface area contributed by atoms with Crippen molar-refractivity contribution in [3.05, 3.63) is 16.6 Å². The second-order valence-electron chi connectivity index (χ2n) is 6.48. The summed E-state index contributed by atoms with van der Waals surface area (Å²) in [6.07, 6.45) is 4.20. The average Bonchev–Trinajstić information content (AvgIpc) is 3.04. The molecule has 2 fully saturated rings. The van der Waals surface area contributed by atoms with Crippen LogP contribution in [0.3, 0.4) is 0 Å². The van der Waals surface area contributed by atoms with E-state index < -0.39 is 21.4 Å². The number of hydrogen-bond donors (Lipinski definition) is 1. The molecule has 0 unspecified atom stereocenters. The van der Waals surface area contributed by atoms with Gasteiger partial charge in [0.25, 0.3) is 0 Å². The molecule has 0 spiro atoms. The molecule has 0 bridgehead atoms. The Kier molecular flexibility index (Phi) is 4.47. The van der Waals surface area contributed by atoms with Crippen LogP contribution < -0.4 is 0 Å². The minimum atomic E-state index is -3.37. The third-order valence-electron chi connectivity index (χ3n) is 4.98. The van der Waals surface area contributed by atoms with E-state index >= 15 is 0 Å². The van der Waals surface area contributed by atoms with Gasteiger partial charge in [-0.2, -0.15) is 0 Å². The van der Waals surface area contributed by atoms with Crippen molar-refractivity contribution < 1.29 is 18.3 Å². The van der Waals surface area contributed by atoms with Gasteiger partial charge in [0.2, 0.25) is 10.0 Å². The molecule has 0 saturated carbocycles. The Balaban J connectivity index is 1.82. The highest BCUT2D eigenvalue weighted by Gasteiger charge is 2.55. The lowest BCUT2D eigenvalue weighted by molar-refractivity contribution is -0.150. The molecule has 2 aliphatic heterocycles. The first-order valence-electron chi connectivity index (χ1n) is 7.60. The third-order valence-corrected chi connectivity index (χ3v) is 6.96. The third kappa shape index (κ3) is 3.28. The SMILES string of the molecule is CS(=O)(=O)N1C[C@H]2CN(Cc3nccs3)CCC[C@@]2(C(=O)O)C1. The largest absolute Gasteiger partial charge is 0.481 e. The lowest BCUT2D eigenvalue weighted by atomic mass is 9.75. The molecular weight excluding hydrogens is 338 g/mol. The van der Waals surface area contributed by atoms with E-state index in [1.54, 1.807) is 17.5 Å². The summed E-state index contributed by atoms with van der Waals surface area (Å²) < 4.78 is 25.1. The molecule has 7 nitrogen and oxygen atoms in total. The second kappa shape index (κ2) is 6.12. The van der Waals surface area contributed by atoms with Crippen molar-refractivity contribution in [3.8, 4) is 0 Å². The summed E-state index contributed by atoms with van der Waals surface area (Å²) in [5.74, 6) is -1.05. The normalized spacial score (nSPS) is 30.0. The van der Waals surface area contributed by atoms with Crippen LogP contribution in [0, 0.1) is 11.3 Å². The minimum Gasteiger partial charge on any atom is -0.481 e. The molecule has 1 N–H and O–H groups in total. The van der Waals surface area contributed by atoms with Crippen LogP contribution in [0.1, 0.15) is 17.8 Å². The fourth-order valence-electron chi connectivity index (χ4n) is 3.73. The van der Waals surface area contributed by atoms with Gasteiger partial charge < -0.3 is 5.11 Å². The smallest absolute Gasteiger partial charge is 0.311 e. The van der Waals surface area contributed by atoms with Gasteiger partial charge in [-0.25, -0.2) is 17.7 Å². The average molecular weight is 359 g/mol. The first-order chi connectivity index (χ1) is 10.8. The molecule has 0 aliphatic carbocycles. The highest BCUT2D eigenvalue weighted by molar-refractivity contribution is 7.88. The van der Waals surface area contributed by atoms with Gasteiger partial charge in [0.15, 0.2) is 0 Å². The molecule has 1 aromatic rings. The zero-order chi connectivity index (χ0) is 16.7. The van der Waals surface area contributed by atoms with Gasteiger partial charge in [-0.05, 0) is 19.4 Å². The number of carbonyl (C=O) groups is 1. The second-order valence-corrected chi connectivity index (χ2v) is 9.44. The maximum atomic E-state index is 12.0. The number of fused-ring (bicyclic) bond motifs is 1. The lowest BCUT2D eigenvalue weighted by Gasteiger charge is -2.29. The van der Waals surface area contributed by atoms with Crippen molar-refractivity contribution in [2.75, 3.05) is 32.4 Å². The molecule has 9 heteroatoms. The minimum absolute atomic E-state index is 0.0942. The quantitative estimate of drug-likeness (QED) is 0.851. The van der Waals surface area contributed by atoms with E-state index in [9.17, 15) is 18.3 Å². The van der Waals surface area contributed by atoms with Crippen molar-refractivity contribution in [1.29, 1.82) is 0 Å². The molecule has 2 atom stereocenters. The van der Waals surface area contributed by atoms with Gasteiger partial charge in [-0.3, -0.25) is 9.69 Å². The highest BCUT2D eigenvalue weighted by atomic mass is 32.2. The predicted octanol–water partition coefficient (Wildman–Crippen LogP) is 0.701. The Hall–Kier alpha value is -1.03. The van der Waals surface area contributed by atoms with E-state index in [1.165, 1.54) is 4.31 Å². The number of carboxylic acid groups (broad SMARTS) is 1. The number of rotatable bonds is 4. The lowest BCUT2D eigenvalue weighted by Crippen LogP contribution is -2.41. The summed E-state index contributed by atoms with van der Waals surface area (Å²) in [6, 6.07) is 0. The Morgan fingerprint density at radius 2 is 2.30 bits per heavy atom. The zero-order valence-corrected chi connectivity index (χ0v) is 14.6. The summed E-state index contributed by atoms with van der Waals surface area (Å²) >= 11 is 1.58. The van der Waals surface area contributed by atoms with Crippen molar-refractivity contribution >= 4 is 27.3 Å². The highest BCUT2D eigenvalue weighted by Crippen LogP contribution is 2.43. The number of carboxylic acids is 1. The van der Waals surface area contributed by atoms with Crippen molar-refractivity contribution in [1.82, 2.24) is 14.2 Å². The van der Waals surface area contributed by atoms with Crippen molar-refractivity contribution in [2.45, 2.75) is 19.4 Å². The molecule has 3 heterocycles. The van der Waals surface area contributed by atoms with Crippen LogP contribution in [-0.4, -0.2) is 66.1 Å². The Bertz CT molecular complexity index is 676. The summed E-state index contributed by atoms with van der Waals surface area (Å²) in [4.78, 5) is 18.5. The van der Waals surface area contributed by atoms with Gasteiger partial charge in [-0.15, -0.1) is 11.3 Å². The van der Waals surface area contributed by atoms with E-state index in [-0.39, 0.29) is 12.5 Å². The number of sulfonamides is 1. The van der Waals surface area contributed by atoms with Crippen LogP contribution in [0.15, 0.2) is 11.6 Å². The number of aliphatic carboxylic acids is 1. The van der Waals surface area contributed by atoms with E-state index in [0.717, 1.165) is 24.2 Å². The molecular formula is C14H21N3O4S2. The van der Waals surface area contributed by atoms with Gasteiger partial charge in [-0.1, -0.05) is 0 Å². The van der Waals surface area contributed by atoms with E-state index in [0.29, 0.717) is 26.1 Å². The van der Waals surface area contributed by atoms with Crippen molar-refractivity contribution in [3.63, 3.8) is 0 Å². The molecule has 3 rings (SSSR count). The van der Waals surface area contributed by atoms with Crippen LogP contribution in [0.4, 0.5) is 0 Å². The van der Waals surface area contributed by atoms with Crippen molar-refractivity contribution in [2.24, 2.45) is 11.3 Å². The van der Waals surface area contributed by atoms with Gasteiger partial charge >= 0.3 is 5.97 Å². The first kappa shape index (κ1) is 16.8. The number of thiazole rings is 1. The number of nitrogens with zero attached hydrogens (tertiary/aromatic N) is 3. The van der Waals surface area contributed by atoms with Crippen LogP contribution in [-0.2, 0) is 21.4 Å². The Morgan fingerprint density at radius 3 is 2.91 bits per heavy atom. The molecule has 0 amide bonds. The van der Waals surface area contributed by atoms with Gasteiger partial charge in [0.1, 0.15) is 5.01 Å². The Morgan fingerprint density at radius 1 is 1.52 bits per heavy atom. The van der Waals surface area contributed by atoms with Crippen LogP contribution >= 0.6 is 11.3 Å². The molecule has 0 aromatic carbocycles. The van der Waals surface area contributed by atoms with Crippen LogP contribution in [0.5, 0.6) is 0 Å². The fourth-order valence-corrected chi connectivity index (χ4v) is 5.31. The topological polar surface area (TPSA) is 90.8 Å². The summed E-state index contributed by atoms with van der Waals surface area (Å²) in [5, 5.41) is 12.7. The van der Waals surface area contributed by atoms with E-state index in [2.05, 4.69) is 9.88 Å². The molecule has 1 aromatic heterocycles. The van der Waals surface area contributed by atoms with E-state index in [1.807, 2.05) is 5.38 Å². The summed E-state index contributed by atoms with van der Waals surface area (Å²) in [6.45, 7) is 2.50.